The maximum Gasteiger partial charge on any atom is 0.335 e. The van der Waals surface area contributed by atoms with E-state index in [-0.39, 0.29) is 17.5 Å². The van der Waals surface area contributed by atoms with E-state index in [2.05, 4.69) is 0 Å². The number of carboxylic acids is 1. The summed E-state index contributed by atoms with van der Waals surface area (Å²) in [4.78, 5) is 25.4. The van der Waals surface area contributed by atoms with Crippen molar-refractivity contribution in [2.75, 3.05) is 19.8 Å². The predicted molar refractivity (Wildman–Crippen MR) is 71.8 cm³/mol. The first-order valence-electron chi connectivity index (χ1n) is 6.89. The van der Waals surface area contributed by atoms with E-state index in [9.17, 15) is 9.59 Å². The van der Waals surface area contributed by atoms with Crippen molar-refractivity contribution in [2.45, 2.75) is 18.9 Å². The Bertz CT molecular complexity index is 538. The van der Waals surface area contributed by atoms with E-state index in [0.29, 0.717) is 31.2 Å². The lowest BCUT2D eigenvalue weighted by Gasteiger charge is -2.36. The quantitative estimate of drug-likeness (QED) is 0.910. The molecule has 0 aromatic heterocycles. The molecule has 1 aromatic rings. The summed E-state index contributed by atoms with van der Waals surface area (Å²) in [5.74, 6) is -0.560. The van der Waals surface area contributed by atoms with E-state index in [0.717, 1.165) is 12.8 Å². The highest BCUT2D eigenvalue weighted by molar-refractivity contribution is 5.97. The number of nitrogens with zero attached hydrogens (tertiary/aromatic N) is 1. The first-order chi connectivity index (χ1) is 9.66. The summed E-state index contributed by atoms with van der Waals surface area (Å²) in [6.07, 6.45) is 2.29. The highest BCUT2D eigenvalue weighted by Gasteiger charge is 2.39. The first-order valence-corrected chi connectivity index (χ1v) is 6.89. The normalized spacial score (nSPS) is 22.6. The second kappa shape index (κ2) is 5.25. The lowest BCUT2D eigenvalue weighted by Crippen LogP contribution is -2.49. The molecule has 1 N–H and O–H groups in total. The smallest absolute Gasteiger partial charge is 0.335 e. The van der Waals surface area contributed by atoms with Gasteiger partial charge in [-0.2, -0.15) is 0 Å². The fourth-order valence-electron chi connectivity index (χ4n) is 2.70. The molecule has 106 valence electrons. The van der Waals surface area contributed by atoms with Crippen molar-refractivity contribution >= 4 is 11.9 Å². The maximum atomic E-state index is 12.6. The van der Waals surface area contributed by atoms with Gasteiger partial charge < -0.3 is 14.7 Å². The molecule has 0 bridgehead atoms. The second-order valence-corrected chi connectivity index (χ2v) is 5.36. The summed E-state index contributed by atoms with van der Waals surface area (Å²) >= 11 is 0. The Hall–Kier alpha value is -1.88. The molecule has 1 atom stereocenters. The van der Waals surface area contributed by atoms with Gasteiger partial charge in [0.05, 0.1) is 24.8 Å². The van der Waals surface area contributed by atoms with Crippen molar-refractivity contribution in [1.29, 1.82) is 0 Å². The third-order valence-corrected chi connectivity index (χ3v) is 3.95. The number of carboxylic acid groups (broad SMARTS) is 1. The van der Waals surface area contributed by atoms with E-state index < -0.39 is 5.97 Å². The summed E-state index contributed by atoms with van der Waals surface area (Å²) in [6, 6.07) is 6.38. The van der Waals surface area contributed by atoms with Gasteiger partial charge in [0.15, 0.2) is 0 Å². The molecule has 1 saturated heterocycles. The molecule has 1 aromatic carbocycles. The fourth-order valence-corrected chi connectivity index (χ4v) is 2.70. The third-order valence-electron chi connectivity index (χ3n) is 3.95. The van der Waals surface area contributed by atoms with Gasteiger partial charge in [-0.1, -0.05) is 6.07 Å². The number of hydrogen-bond acceptors (Lipinski definition) is 3. The number of morpholine rings is 1. The van der Waals surface area contributed by atoms with E-state index in [4.69, 9.17) is 9.84 Å². The minimum atomic E-state index is -1.01. The summed E-state index contributed by atoms with van der Waals surface area (Å²) in [5, 5.41) is 9.01. The van der Waals surface area contributed by atoms with Crippen LogP contribution >= 0.6 is 0 Å². The van der Waals surface area contributed by atoms with Gasteiger partial charge in [0.1, 0.15) is 0 Å². The van der Waals surface area contributed by atoms with Gasteiger partial charge >= 0.3 is 5.97 Å². The molecule has 5 heteroatoms. The van der Waals surface area contributed by atoms with Crippen LogP contribution in [0.4, 0.5) is 0 Å². The van der Waals surface area contributed by atoms with Gasteiger partial charge in [-0.05, 0) is 37.0 Å². The van der Waals surface area contributed by atoms with Crippen LogP contribution in [0.5, 0.6) is 0 Å². The number of rotatable bonds is 3. The van der Waals surface area contributed by atoms with Crippen molar-refractivity contribution in [3.8, 4) is 0 Å². The van der Waals surface area contributed by atoms with Gasteiger partial charge in [-0.15, -0.1) is 0 Å². The first kappa shape index (κ1) is 13.1. The number of carbonyl (C=O) groups is 2. The van der Waals surface area contributed by atoms with E-state index >= 15 is 0 Å². The zero-order valence-corrected chi connectivity index (χ0v) is 11.1. The topological polar surface area (TPSA) is 66.8 Å². The summed E-state index contributed by atoms with van der Waals surface area (Å²) < 4.78 is 5.47. The Morgan fingerprint density at radius 1 is 1.25 bits per heavy atom. The number of amides is 1. The van der Waals surface area contributed by atoms with Crippen LogP contribution in [0, 0.1) is 5.92 Å². The van der Waals surface area contributed by atoms with Crippen LogP contribution in [-0.4, -0.2) is 47.7 Å². The summed E-state index contributed by atoms with van der Waals surface area (Å²) in [7, 11) is 0. The van der Waals surface area contributed by atoms with Crippen LogP contribution in [0.1, 0.15) is 33.6 Å². The number of carbonyl (C=O) groups excluding carboxylic acids is 1. The Kier molecular flexibility index (Phi) is 3.44. The zero-order chi connectivity index (χ0) is 14.1. The second-order valence-electron chi connectivity index (χ2n) is 5.36. The minimum absolute atomic E-state index is 0.0895. The van der Waals surface area contributed by atoms with Crippen LogP contribution in [0.2, 0.25) is 0 Å². The molecular weight excluding hydrogens is 258 g/mol. The molecule has 1 amide bonds. The van der Waals surface area contributed by atoms with Crippen molar-refractivity contribution < 1.29 is 19.4 Å². The molecule has 5 nitrogen and oxygen atoms in total. The molecule has 20 heavy (non-hydrogen) atoms. The minimum Gasteiger partial charge on any atom is -0.478 e. The van der Waals surface area contributed by atoms with Gasteiger partial charge in [-0.25, -0.2) is 4.79 Å². The Balaban J connectivity index is 1.83. The molecule has 2 fully saturated rings. The van der Waals surface area contributed by atoms with Gasteiger partial charge in [-0.3, -0.25) is 4.79 Å². The zero-order valence-electron chi connectivity index (χ0n) is 11.1. The molecule has 1 aliphatic heterocycles. The summed E-state index contributed by atoms with van der Waals surface area (Å²) in [5.41, 5.74) is 0.588. The summed E-state index contributed by atoms with van der Waals surface area (Å²) in [6.45, 7) is 1.72. The van der Waals surface area contributed by atoms with E-state index in [1.54, 1.807) is 12.1 Å². The standard InChI is InChI=1S/C15H17NO4/c17-14(11-2-1-3-12(8-11)15(18)19)16-6-7-20-9-13(16)10-4-5-10/h1-3,8,10,13H,4-7,9H2,(H,18,19). The fraction of sp³-hybridized carbons (Fsp3) is 0.467. The highest BCUT2D eigenvalue weighted by atomic mass is 16.5. The van der Waals surface area contributed by atoms with E-state index in [1.807, 2.05) is 4.90 Å². The Morgan fingerprint density at radius 2 is 2.00 bits per heavy atom. The Labute approximate surface area is 117 Å². The molecule has 0 radical (unpaired) electrons. The average Bonchev–Trinajstić information content (AvgIpc) is 3.31. The van der Waals surface area contributed by atoms with Gasteiger partial charge in [0.25, 0.3) is 5.91 Å². The van der Waals surface area contributed by atoms with Crippen molar-refractivity contribution in [1.82, 2.24) is 4.90 Å². The van der Waals surface area contributed by atoms with Crippen LogP contribution in [-0.2, 0) is 4.74 Å². The monoisotopic (exact) mass is 275 g/mol. The third kappa shape index (κ3) is 2.54. The van der Waals surface area contributed by atoms with Crippen LogP contribution in [0.3, 0.4) is 0 Å². The van der Waals surface area contributed by atoms with Crippen molar-refractivity contribution in [3.05, 3.63) is 35.4 Å². The molecule has 1 aliphatic carbocycles. The predicted octanol–water partition coefficient (Wildman–Crippen LogP) is 1.64. The number of hydrogen-bond donors (Lipinski definition) is 1. The van der Waals surface area contributed by atoms with Gasteiger partial charge in [0, 0.05) is 12.1 Å². The number of benzene rings is 1. The molecule has 1 unspecified atom stereocenters. The number of ether oxygens (including phenoxy) is 1. The molecule has 3 rings (SSSR count). The molecule has 1 saturated carbocycles. The highest BCUT2D eigenvalue weighted by Crippen LogP contribution is 2.37. The average molecular weight is 275 g/mol. The molecular formula is C15H17NO4. The molecule has 2 aliphatic rings. The lowest BCUT2D eigenvalue weighted by atomic mass is 10.1. The number of aromatic carboxylic acids is 1. The van der Waals surface area contributed by atoms with Crippen molar-refractivity contribution in [2.24, 2.45) is 5.92 Å². The molecule has 1 heterocycles. The Morgan fingerprint density at radius 3 is 2.70 bits per heavy atom. The SMILES string of the molecule is O=C(O)c1cccc(C(=O)N2CCOCC2C2CC2)c1. The van der Waals surface area contributed by atoms with E-state index in [1.165, 1.54) is 12.1 Å². The van der Waals surface area contributed by atoms with Crippen LogP contribution in [0.15, 0.2) is 24.3 Å². The lowest BCUT2D eigenvalue weighted by molar-refractivity contribution is -0.00834. The molecule has 0 spiro atoms. The van der Waals surface area contributed by atoms with Crippen molar-refractivity contribution in [3.63, 3.8) is 0 Å². The largest absolute Gasteiger partial charge is 0.478 e. The van der Waals surface area contributed by atoms with Gasteiger partial charge in [0.2, 0.25) is 0 Å². The van der Waals surface area contributed by atoms with Crippen LogP contribution in [0.25, 0.3) is 0 Å². The maximum absolute atomic E-state index is 12.6. The van der Waals surface area contributed by atoms with Crippen LogP contribution < -0.4 is 0 Å².